The first-order valence-corrected chi connectivity index (χ1v) is 5.61. The van der Waals surface area contributed by atoms with Crippen molar-refractivity contribution in [3.63, 3.8) is 0 Å². The first kappa shape index (κ1) is 11.3. The summed E-state index contributed by atoms with van der Waals surface area (Å²) in [7, 11) is 0. The molecule has 1 heterocycles. The van der Waals surface area contributed by atoms with Crippen molar-refractivity contribution in [3.8, 4) is 0 Å². The van der Waals surface area contributed by atoms with Gasteiger partial charge < -0.3 is 0 Å². The smallest absolute Gasteiger partial charge is 0.292 e. The van der Waals surface area contributed by atoms with Crippen LogP contribution >= 0.6 is 27.5 Å². The summed E-state index contributed by atoms with van der Waals surface area (Å²) in [6.07, 6.45) is 0.577. The molecule has 0 bridgehead atoms. The second-order valence-corrected chi connectivity index (χ2v) is 4.58. The first-order valence-electron chi connectivity index (χ1n) is 4.44. The van der Waals surface area contributed by atoms with Gasteiger partial charge in [-0.25, -0.2) is 0 Å². The molecule has 1 aliphatic rings. The summed E-state index contributed by atoms with van der Waals surface area (Å²) < 4.78 is 0.627. The number of halogens is 2. The third-order valence-corrected chi connectivity index (χ3v) is 3.08. The van der Waals surface area contributed by atoms with Crippen LogP contribution in [0, 0.1) is 10.1 Å². The Morgan fingerprint density at radius 3 is 2.81 bits per heavy atom. The summed E-state index contributed by atoms with van der Waals surface area (Å²) in [6, 6.07) is 3.14. The van der Waals surface area contributed by atoms with E-state index in [9.17, 15) is 14.9 Å². The van der Waals surface area contributed by atoms with E-state index in [0.717, 1.165) is 5.56 Å². The fraction of sp³-hybridized carbons (Fsp3) is 0.222. The minimum absolute atomic E-state index is 0.101. The van der Waals surface area contributed by atoms with E-state index in [0.29, 0.717) is 23.1 Å². The van der Waals surface area contributed by atoms with Gasteiger partial charge in [0, 0.05) is 17.1 Å². The Labute approximate surface area is 104 Å². The van der Waals surface area contributed by atoms with Gasteiger partial charge in [-0.15, -0.1) is 0 Å². The highest BCUT2D eigenvalue weighted by Crippen LogP contribution is 2.39. The molecule has 1 aromatic carbocycles. The summed E-state index contributed by atoms with van der Waals surface area (Å²) in [4.78, 5) is 22.7. The molecular formula is C9H6BrClN2O3. The highest BCUT2D eigenvalue weighted by Gasteiger charge is 2.31. The standard InChI is InChI=1S/C9H6BrClN2O3/c10-6-3-5-1-2-12(9(11)14)8(5)7(4-6)13(15)16/h3-4H,1-2H2. The summed E-state index contributed by atoms with van der Waals surface area (Å²) in [6.45, 7) is 0.384. The molecule has 0 saturated carbocycles. The average molecular weight is 306 g/mol. The molecule has 1 aliphatic heterocycles. The first-order chi connectivity index (χ1) is 7.50. The largest absolute Gasteiger partial charge is 0.321 e. The maximum atomic E-state index is 11.1. The summed E-state index contributed by atoms with van der Waals surface area (Å²) in [5.41, 5.74) is 0.971. The number of benzene rings is 1. The van der Waals surface area contributed by atoms with Crippen molar-refractivity contribution < 1.29 is 9.72 Å². The number of amides is 1. The van der Waals surface area contributed by atoms with Crippen molar-refractivity contribution in [1.82, 2.24) is 0 Å². The lowest BCUT2D eigenvalue weighted by atomic mass is 10.1. The monoisotopic (exact) mass is 304 g/mol. The molecule has 84 valence electrons. The number of rotatable bonds is 1. The SMILES string of the molecule is O=C(Cl)N1CCc2cc(Br)cc([N+](=O)[O-])c21. The van der Waals surface area contributed by atoms with Gasteiger partial charge in [-0.05, 0) is 29.7 Å². The number of carbonyl (C=O) groups excluding carboxylic acids is 1. The molecule has 7 heteroatoms. The molecule has 1 aromatic rings. The number of nitro benzene ring substituents is 1. The Morgan fingerprint density at radius 2 is 2.25 bits per heavy atom. The number of fused-ring (bicyclic) bond motifs is 1. The van der Waals surface area contributed by atoms with Crippen LogP contribution in [0.3, 0.4) is 0 Å². The highest BCUT2D eigenvalue weighted by molar-refractivity contribution is 9.10. The van der Waals surface area contributed by atoms with Crippen LogP contribution in [0.2, 0.25) is 0 Å². The van der Waals surface area contributed by atoms with Gasteiger partial charge in [-0.2, -0.15) is 0 Å². The average Bonchev–Trinajstić information content (AvgIpc) is 2.59. The molecule has 0 radical (unpaired) electrons. The second-order valence-electron chi connectivity index (χ2n) is 3.34. The van der Waals surface area contributed by atoms with Crippen LogP contribution in [0.4, 0.5) is 16.2 Å². The molecule has 16 heavy (non-hydrogen) atoms. The predicted molar refractivity (Wildman–Crippen MR) is 63.1 cm³/mol. The number of nitro groups is 1. The van der Waals surface area contributed by atoms with Crippen LogP contribution < -0.4 is 4.90 Å². The fourth-order valence-corrected chi connectivity index (χ4v) is 2.46. The van der Waals surface area contributed by atoms with Crippen LogP contribution in [0.25, 0.3) is 0 Å². The van der Waals surface area contributed by atoms with Gasteiger partial charge in [0.1, 0.15) is 5.69 Å². The van der Waals surface area contributed by atoms with Gasteiger partial charge in [0.2, 0.25) is 0 Å². The lowest BCUT2D eigenvalue weighted by Crippen LogP contribution is -2.23. The molecule has 0 aliphatic carbocycles. The van der Waals surface area contributed by atoms with Crippen molar-refractivity contribution >= 4 is 44.3 Å². The molecule has 2 rings (SSSR count). The van der Waals surface area contributed by atoms with Gasteiger partial charge in [-0.1, -0.05) is 15.9 Å². The minimum atomic E-state index is -0.691. The molecule has 0 spiro atoms. The summed E-state index contributed by atoms with van der Waals surface area (Å²) >= 11 is 8.58. The number of hydrogen-bond acceptors (Lipinski definition) is 3. The zero-order valence-electron chi connectivity index (χ0n) is 7.94. The maximum Gasteiger partial charge on any atom is 0.321 e. The second kappa shape index (κ2) is 4.03. The van der Waals surface area contributed by atoms with Gasteiger partial charge in [-0.3, -0.25) is 19.8 Å². The Morgan fingerprint density at radius 1 is 1.56 bits per heavy atom. The molecule has 0 unspecified atom stereocenters. The zero-order chi connectivity index (χ0) is 11.9. The van der Waals surface area contributed by atoms with E-state index >= 15 is 0 Å². The molecular weight excluding hydrogens is 299 g/mol. The van der Waals surface area contributed by atoms with E-state index in [1.807, 2.05) is 0 Å². The molecule has 0 fully saturated rings. The van der Waals surface area contributed by atoms with Crippen LogP contribution in [0.1, 0.15) is 5.56 Å². The zero-order valence-corrected chi connectivity index (χ0v) is 10.3. The predicted octanol–water partition coefficient (Wildman–Crippen LogP) is 3.08. The summed E-state index contributed by atoms with van der Waals surface area (Å²) in [5, 5.41) is 10.2. The van der Waals surface area contributed by atoms with Crippen LogP contribution in [-0.2, 0) is 6.42 Å². The van der Waals surface area contributed by atoms with Crippen molar-refractivity contribution in [3.05, 3.63) is 32.3 Å². The molecule has 0 N–H and O–H groups in total. The van der Waals surface area contributed by atoms with Crippen molar-refractivity contribution in [2.24, 2.45) is 0 Å². The topological polar surface area (TPSA) is 63.5 Å². The third-order valence-electron chi connectivity index (χ3n) is 2.42. The molecule has 0 atom stereocenters. The fourth-order valence-electron chi connectivity index (χ4n) is 1.80. The lowest BCUT2D eigenvalue weighted by Gasteiger charge is -2.12. The van der Waals surface area contributed by atoms with E-state index in [1.54, 1.807) is 6.07 Å². The minimum Gasteiger partial charge on any atom is -0.292 e. The number of nitrogens with zero attached hydrogens (tertiary/aromatic N) is 2. The van der Waals surface area contributed by atoms with Crippen LogP contribution in [-0.4, -0.2) is 16.8 Å². The Bertz CT molecular complexity index is 492. The quantitative estimate of drug-likeness (QED) is 0.347. The Balaban J connectivity index is 2.63. The Hall–Kier alpha value is -1.14. The van der Waals surface area contributed by atoms with E-state index in [4.69, 9.17) is 11.6 Å². The van der Waals surface area contributed by atoms with Gasteiger partial charge in [0.25, 0.3) is 5.69 Å². The van der Waals surface area contributed by atoms with E-state index in [1.165, 1.54) is 11.0 Å². The van der Waals surface area contributed by atoms with Gasteiger partial charge in [0.05, 0.1) is 4.92 Å². The van der Waals surface area contributed by atoms with Crippen molar-refractivity contribution in [2.75, 3.05) is 11.4 Å². The summed E-state index contributed by atoms with van der Waals surface area (Å²) in [5.74, 6) is 0. The molecule has 1 amide bonds. The molecule has 5 nitrogen and oxygen atoms in total. The maximum absolute atomic E-state index is 11.1. The van der Waals surface area contributed by atoms with Gasteiger partial charge >= 0.3 is 5.37 Å². The van der Waals surface area contributed by atoms with Crippen molar-refractivity contribution in [2.45, 2.75) is 6.42 Å². The number of carbonyl (C=O) groups is 1. The van der Waals surface area contributed by atoms with Crippen LogP contribution in [0.15, 0.2) is 16.6 Å². The molecule has 0 aromatic heterocycles. The number of anilines is 1. The van der Waals surface area contributed by atoms with Gasteiger partial charge in [0.15, 0.2) is 0 Å². The highest BCUT2D eigenvalue weighted by atomic mass is 79.9. The van der Waals surface area contributed by atoms with Crippen molar-refractivity contribution in [1.29, 1.82) is 0 Å². The van der Waals surface area contributed by atoms with E-state index < -0.39 is 10.3 Å². The number of hydrogen-bond donors (Lipinski definition) is 0. The third kappa shape index (κ3) is 1.78. The van der Waals surface area contributed by atoms with Crippen LogP contribution in [0.5, 0.6) is 0 Å². The van der Waals surface area contributed by atoms with E-state index in [-0.39, 0.29) is 5.69 Å². The normalized spacial score (nSPS) is 13.8. The van der Waals surface area contributed by atoms with E-state index in [2.05, 4.69) is 15.9 Å². The lowest BCUT2D eigenvalue weighted by molar-refractivity contribution is -0.384. The Kier molecular flexibility index (Phi) is 2.86. The molecule has 0 saturated heterocycles.